The van der Waals surface area contributed by atoms with Gasteiger partial charge in [-0.25, -0.2) is 4.98 Å². The Morgan fingerprint density at radius 2 is 2.05 bits per heavy atom. The molecule has 104 valence electrons. The van der Waals surface area contributed by atoms with Crippen LogP contribution < -0.4 is 10.2 Å². The molecule has 0 amide bonds. The molecule has 2 aliphatic carbocycles. The van der Waals surface area contributed by atoms with E-state index in [9.17, 15) is 0 Å². The second-order valence-corrected chi connectivity index (χ2v) is 6.25. The van der Waals surface area contributed by atoms with Gasteiger partial charge in [-0.05, 0) is 50.2 Å². The SMILES string of the molecule is Cc1nc(N(C)CC2CCC2)ccc1CNC1CC1. The van der Waals surface area contributed by atoms with Crippen LogP contribution in [0, 0.1) is 12.8 Å². The van der Waals surface area contributed by atoms with Gasteiger partial charge in [-0.1, -0.05) is 12.5 Å². The lowest BCUT2D eigenvalue weighted by atomic mass is 9.85. The van der Waals surface area contributed by atoms with Crippen molar-refractivity contribution in [1.82, 2.24) is 10.3 Å². The van der Waals surface area contributed by atoms with Crippen LogP contribution in [-0.2, 0) is 6.54 Å². The summed E-state index contributed by atoms with van der Waals surface area (Å²) in [5, 5.41) is 3.56. The van der Waals surface area contributed by atoms with Gasteiger partial charge in [0.1, 0.15) is 5.82 Å². The van der Waals surface area contributed by atoms with Crippen LogP contribution in [0.2, 0.25) is 0 Å². The summed E-state index contributed by atoms with van der Waals surface area (Å²) >= 11 is 0. The first kappa shape index (κ1) is 12.9. The first-order valence-electron chi connectivity index (χ1n) is 7.63. The van der Waals surface area contributed by atoms with E-state index in [0.717, 1.165) is 30.9 Å². The Morgan fingerprint density at radius 3 is 2.63 bits per heavy atom. The van der Waals surface area contributed by atoms with Gasteiger partial charge in [0.25, 0.3) is 0 Å². The van der Waals surface area contributed by atoms with E-state index < -0.39 is 0 Å². The predicted octanol–water partition coefficient (Wildman–Crippen LogP) is 2.88. The van der Waals surface area contributed by atoms with Crippen molar-refractivity contribution < 1.29 is 0 Å². The molecule has 0 aromatic carbocycles. The van der Waals surface area contributed by atoms with E-state index in [0.29, 0.717) is 0 Å². The van der Waals surface area contributed by atoms with Crippen LogP contribution in [0.15, 0.2) is 12.1 Å². The lowest BCUT2D eigenvalue weighted by Crippen LogP contribution is -2.30. The van der Waals surface area contributed by atoms with Crippen LogP contribution in [0.4, 0.5) is 5.82 Å². The summed E-state index contributed by atoms with van der Waals surface area (Å²) < 4.78 is 0. The third kappa shape index (κ3) is 3.27. The molecule has 3 rings (SSSR count). The lowest BCUT2D eigenvalue weighted by Gasteiger charge is -2.31. The number of aromatic nitrogens is 1. The second kappa shape index (κ2) is 5.49. The molecule has 1 heterocycles. The van der Waals surface area contributed by atoms with Gasteiger partial charge in [-0.3, -0.25) is 0 Å². The molecule has 0 saturated heterocycles. The molecule has 3 nitrogen and oxygen atoms in total. The lowest BCUT2D eigenvalue weighted by molar-refractivity contribution is 0.321. The molecule has 0 spiro atoms. The highest BCUT2D eigenvalue weighted by molar-refractivity contribution is 5.41. The summed E-state index contributed by atoms with van der Waals surface area (Å²) in [6.45, 7) is 4.26. The maximum absolute atomic E-state index is 4.77. The highest BCUT2D eigenvalue weighted by Gasteiger charge is 2.21. The minimum atomic E-state index is 0.764. The largest absolute Gasteiger partial charge is 0.359 e. The van der Waals surface area contributed by atoms with Gasteiger partial charge in [0.05, 0.1) is 0 Å². The molecule has 3 heteroatoms. The van der Waals surface area contributed by atoms with Crippen molar-refractivity contribution in [3.8, 4) is 0 Å². The quantitative estimate of drug-likeness (QED) is 0.851. The Morgan fingerprint density at radius 1 is 1.26 bits per heavy atom. The monoisotopic (exact) mass is 259 g/mol. The average Bonchev–Trinajstić information content (AvgIpc) is 3.16. The molecule has 2 saturated carbocycles. The highest BCUT2D eigenvalue weighted by Crippen LogP contribution is 2.28. The van der Waals surface area contributed by atoms with E-state index in [4.69, 9.17) is 4.98 Å². The van der Waals surface area contributed by atoms with Crippen molar-refractivity contribution in [1.29, 1.82) is 0 Å². The Labute approximate surface area is 116 Å². The number of pyridine rings is 1. The first-order chi connectivity index (χ1) is 9.22. The number of aryl methyl sites for hydroxylation is 1. The van der Waals surface area contributed by atoms with Gasteiger partial charge in [-0.2, -0.15) is 0 Å². The molecule has 1 aromatic rings. The average molecular weight is 259 g/mol. The molecule has 0 bridgehead atoms. The van der Waals surface area contributed by atoms with Crippen LogP contribution in [0.25, 0.3) is 0 Å². The summed E-state index contributed by atoms with van der Waals surface area (Å²) in [6.07, 6.45) is 6.89. The van der Waals surface area contributed by atoms with Crippen molar-refractivity contribution in [2.24, 2.45) is 5.92 Å². The molecule has 0 atom stereocenters. The standard InChI is InChI=1S/C16H25N3/c1-12-14(10-17-15-7-8-15)6-9-16(18-12)19(2)11-13-4-3-5-13/h6,9,13,15,17H,3-5,7-8,10-11H2,1-2H3. The summed E-state index contributed by atoms with van der Waals surface area (Å²) in [5.41, 5.74) is 2.51. The smallest absolute Gasteiger partial charge is 0.128 e. The van der Waals surface area contributed by atoms with Gasteiger partial charge in [0.15, 0.2) is 0 Å². The summed E-state index contributed by atoms with van der Waals surface area (Å²) in [7, 11) is 2.17. The molecule has 0 aliphatic heterocycles. The van der Waals surface area contributed by atoms with E-state index in [1.807, 2.05) is 0 Å². The number of hydrogen-bond donors (Lipinski definition) is 1. The normalized spacial score (nSPS) is 19.3. The van der Waals surface area contributed by atoms with Crippen LogP contribution in [0.3, 0.4) is 0 Å². The van der Waals surface area contributed by atoms with Crippen molar-refractivity contribution in [3.63, 3.8) is 0 Å². The Bertz CT molecular complexity index is 436. The molecule has 1 aromatic heterocycles. The summed E-state index contributed by atoms with van der Waals surface area (Å²) in [5.74, 6) is 2.02. The molecule has 19 heavy (non-hydrogen) atoms. The maximum atomic E-state index is 4.77. The molecular weight excluding hydrogens is 234 g/mol. The maximum Gasteiger partial charge on any atom is 0.128 e. The third-order valence-electron chi connectivity index (χ3n) is 4.49. The fraction of sp³-hybridized carbons (Fsp3) is 0.688. The number of nitrogens with one attached hydrogen (secondary N) is 1. The first-order valence-corrected chi connectivity index (χ1v) is 7.63. The number of anilines is 1. The number of rotatable bonds is 6. The molecule has 0 radical (unpaired) electrons. The van der Waals surface area contributed by atoms with Crippen molar-refractivity contribution in [3.05, 3.63) is 23.4 Å². The van der Waals surface area contributed by atoms with Gasteiger partial charge in [0, 0.05) is 31.9 Å². The fourth-order valence-electron chi connectivity index (χ4n) is 2.67. The van der Waals surface area contributed by atoms with Crippen LogP contribution in [0.1, 0.15) is 43.4 Å². The molecular formula is C16H25N3. The van der Waals surface area contributed by atoms with Crippen LogP contribution in [0.5, 0.6) is 0 Å². The van der Waals surface area contributed by atoms with E-state index in [-0.39, 0.29) is 0 Å². The minimum Gasteiger partial charge on any atom is -0.359 e. The van der Waals surface area contributed by atoms with Crippen LogP contribution >= 0.6 is 0 Å². The van der Waals surface area contributed by atoms with E-state index in [1.165, 1.54) is 43.4 Å². The Balaban J connectivity index is 1.59. The highest BCUT2D eigenvalue weighted by atomic mass is 15.2. The summed E-state index contributed by atoms with van der Waals surface area (Å²) in [4.78, 5) is 7.08. The fourth-order valence-corrected chi connectivity index (χ4v) is 2.67. The van der Waals surface area contributed by atoms with E-state index >= 15 is 0 Å². The molecule has 1 N–H and O–H groups in total. The third-order valence-corrected chi connectivity index (χ3v) is 4.49. The van der Waals surface area contributed by atoms with Gasteiger partial charge >= 0.3 is 0 Å². The predicted molar refractivity (Wildman–Crippen MR) is 79.4 cm³/mol. The summed E-state index contributed by atoms with van der Waals surface area (Å²) in [6, 6.07) is 5.18. The minimum absolute atomic E-state index is 0.764. The van der Waals surface area contributed by atoms with Crippen molar-refractivity contribution in [2.75, 3.05) is 18.5 Å². The van der Waals surface area contributed by atoms with Crippen molar-refractivity contribution >= 4 is 5.82 Å². The molecule has 0 unspecified atom stereocenters. The zero-order valence-electron chi connectivity index (χ0n) is 12.2. The second-order valence-electron chi connectivity index (χ2n) is 6.25. The Hall–Kier alpha value is -1.09. The molecule has 2 fully saturated rings. The number of nitrogens with zero attached hydrogens (tertiary/aromatic N) is 2. The van der Waals surface area contributed by atoms with E-state index in [2.05, 4.69) is 36.3 Å². The Kier molecular flexibility index (Phi) is 3.74. The van der Waals surface area contributed by atoms with Crippen LogP contribution in [-0.4, -0.2) is 24.6 Å². The zero-order valence-corrected chi connectivity index (χ0v) is 12.2. The molecule has 2 aliphatic rings. The van der Waals surface area contributed by atoms with E-state index in [1.54, 1.807) is 0 Å². The zero-order chi connectivity index (χ0) is 13.2. The number of hydrogen-bond acceptors (Lipinski definition) is 3. The van der Waals surface area contributed by atoms with Gasteiger partial charge < -0.3 is 10.2 Å². The topological polar surface area (TPSA) is 28.2 Å². The van der Waals surface area contributed by atoms with Crippen molar-refractivity contribution in [2.45, 2.75) is 51.6 Å². The van der Waals surface area contributed by atoms with Gasteiger partial charge in [-0.15, -0.1) is 0 Å². The van der Waals surface area contributed by atoms with Gasteiger partial charge in [0.2, 0.25) is 0 Å².